The fraction of sp³-hybridized carbons (Fsp3) is 0.381. The zero-order valence-electron chi connectivity index (χ0n) is 15.4. The van der Waals surface area contributed by atoms with Crippen LogP contribution < -0.4 is 9.64 Å². The van der Waals surface area contributed by atoms with Gasteiger partial charge in [-0.25, -0.2) is 4.39 Å². The molecule has 1 saturated heterocycles. The van der Waals surface area contributed by atoms with E-state index >= 15 is 0 Å². The van der Waals surface area contributed by atoms with Crippen molar-refractivity contribution in [1.29, 1.82) is 0 Å². The third kappa shape index (κ3) is 4.54. The average molecular weight is 356 g/mol. The molecule has 0 atom stereocenters. The first kappa shape index (κ1) is 18.2. The maximum Gasteiger partial charge on any atom is 0.260 e. The van der Waals surface area contributed by atoms with Gasteiger partial charge in [-0.1, -0.05) is 6.07 Å². The Morgan fingerprint density at radius 2 is 1.77 bits per heavy atom. The van der Waals surface area contributed by atoms with Gasteiger partial charge in [0.25, 0.3) is 5.91 Å². The Morgan fingerprint density at radius 1 is 1.00 bits per heavy atom. The van der Waals surface area contributed by atoms with Crippen molar-refractivity contribution in [2.75, 3.05) is 37.7 Å². The number of nitrogens with zero attached hydrogens (tertiary/aromatic N) is 2. The van der Waals surface area contributed by atoms with Gasteiger partial charge in [0.2, 0.25) is 0 Å². The molecule has 0 radical (unpaired) electrons. The molecule has 1 aliphatic heterocycles. The van der Waals surface area contributed by atoms with Crippen LogP contribution >= 0.6 is 0 Å². The van der Waals surface area contributed by atoms with Crippen LogP contribution in [0.3, 0.4) is 0 Å². The van der Waals surface area contributed by atoms with Crippen LogP contribution in [0.2, 0.25) is 0 Å². The van der Waals surface area contributed by atoms with E-state index in [2.05, 4.69) is 4.90 Å². The molecule has 0 aromatic heterocycles. The second-order valence-electron chi connectivity index (χ2n) is 6.73. The van der Waals surface area contributed by atoms with E-state index < -0.39 is 0 Å². The zero-order chi connectivity index (χ0) is 18.5. The number of aryl methyl sites for hydroxylation is 2. The lowest BCUT2D eigenvalue weighted by molar-refractivity contribution is -0.133. The summed E-state index contributed by atoms with van der Waals surface area (Å²) < 4.78 is 18.8. The second-order valence-corrected chi connectivity index (χ2v) is 6.73. The first-order chi connectivity index (χ1) is 12.5. The van der Waals surface area contributed by atoms with E-state index in [0.717, 1.165) is 36.5 Å². The van der Waals surface area contributed by atoms with Crippen LogP contribution in [0.15, 0.2) is 42.5 Å². The molecule has 2 aromatic rings. The molecule has 138 valence electrons. The molecule has 0 N–H and O–H groups in total. The molecule has 0 bridgehead atoms. The van der Waals surface area contributed by atoms with E-state index in [1.807, 2.05) is 36.9 Å². The minimum absolute atomic E-state index is 0.00387. The predicted octanol–water partition coefficient (Wildman–Crippen LogP) is 3.56. The zero-order valence-corrected chi connectivity index (χ0v) is 15.4. The number of benzene rings is 2. The molecule has 1 heterocycles. The number of ether oxygens (including phenoxy) is 1. The highest BCUT2D eigenvalue weighted by Crippen LogP contribution is 2.18. The van der Waals surface area contributed by atoms with E-state index in [9.17, 15) is 9.18 Å². The summed E-state index contributed by atoms with van der Waals surface area (Å²) in [6.07, 6.45) is 0.882. The highest BCUT2D eigenvalue weighted by Gasteiger charge is 2.19. The van der Waals surface area contributed by atoms with E-state index in [4.69, 9.17) is 4.74 Å². The molecule has 0 saturated carbocycles. The van der Waals surface area contributed by atoms with Crippen LogP contribution in [0.1, 0.15) is 17.5 Å². The number of amides is 1. The van der Waals surface area contributed by atoms with Crippen LogP contribution in [0.4, 0.5) is 10.1 Å². The van der Waals surface area contributed by atoms with Crippen LogP contribution in [0, 0.1) is 19.7 Å². The Kier molecular flexibility index (Phi) is 5.76. The Balaban J connectivity index is 1.53. The van der Waals surface area contributed by atoms with Crippen molar-refractivity contribution < 1.29 is 13.9 Å². The summed E-state index contributed by atoms with van der Waals surface area (Å²) >= 11 is 0. The van der Waals surface area contributed by atoms with Crippen LogP contribution in [-0.2, 0) is 4.79 Å². The first-order valence-electron chi connectivity index (χ1n) is 9.01. The molecule has 0 unspecified atom stereocenters. The van der Waals surface area contributed by atoms with Gasteiger partial charge in [0.1, 0.15) is 11.6 Å². The van der Waals surface area contributed by atoms with Gasteiger partial charge in [0, 0.05) is 31.9 Å². The summed E-state index contributed by atoms with van der Waals surface area (Å²) in [5.41, 5.74) is 3.35. The van der Waals surface area contributed by atoms with Crippen molar-refractivity contribution in [3.05, 3.63) is 59.4 Å². The molecule has 5 heteroatoms. The van der Waals surface area contributed by atoms with Crippen molar-refractivity contribution in [3.8, 4) is 5.75 Å². The highest BCUT2D eigenvalue weighted by atomic mass is 19.1. The molecule has 3 rings (SSSR count). The van der Waals surface area contributed by atoms with Crippen molar-refractivity contribution in [2.24, 2.45) is 0 Å². The fourth-order valence-corrected chi connectivity index (χ4v) is 3.12. The molecule has 1 amide bonds. The molecule has 0 spiro atoms. The first-order valence-corrected chi connectivity index (χ1v) is 9.01. The lowest BCUT2D eigenvalue weighted by Gasteiger charge is -2.23. The van der Waals surface area contributed by atoms with Crippen molar-refractivity contribution in [2.45, 2.75) is 20.3 Å². The molecule has 26 heavy (non-hydrogen) atoms. The summed E-state index contributed by atoms with van der Waals surface area (Å²) in [5, 5.41) is 0. The summed E-state index contributed by atoms with van der Waals surface area (Å²) in [7, 11) is 0. The number of hydrogen-bond acceptors (Lipinski definition) is 3. The van der Waals surface area contributed by atoms with Crippen LogP contribution in [-0.4, -0.2) is 43.6 Å². The second kappa shape index (κ2) is 8.21. The quantitative estimate of drug-likeness (QED) is 0.840. The number of carbonyl (C=O) groups is 1. The van der Waals surface area contributed by atoms with Crippen molar-refractivity contribution >= 4 is 11.6 Å². The van der Waals surface area contributed by atoms with Gasteiger partial charge in [-0.05, 0) is 67.8 Å². The Labute approximate surface area is 154 Å². The molecule has 4 nitrogen and oxygen atoms in total. The summed E-state index contributed by atoms with van der Waals surface area (Å²) in [4.78, 5) is 16.5. The predicted molar refractivity (Wildman–Crippen MR) is 101 cm³/mol. The van der Waals surface area contributed by atoms with E-state index in [-0.39, 0.29) is 18.3 Å². The Hall–Kier alpha value is -2.56. The van der Waals surface area contributed by atoms with Gasteiger partial charge in [0.15, 0.2) is 6.61 Å². The molecular weight excluding hydrogens is 331 g/mol. The molecule has 1 aliphatic rings. The summed E-state index contributed by atoms with van der Waals surface area (Å²) in [6.45, 7) is 7.09. The Bertz CT molecular complexity index is 761. The standard InChI is InChI=1S/C21H25FN2O2/c1-16-4-9-20(14-17(16)2)26-15-21(25)24-11-3-10-23(12-13-24)19-7-5-18(22)6-8-19/h4-9,14H,3,10-13,15H2,1-2H3. The van der Waals surface area contributed by atoms with Gasteiger partial charge >= 0.3 is 0 Å². The minimum atomic E-state index is -0.233. The number of halogens is 1. The number of rotatable bonds is 4. The molecule has 1 fully saturated rings. The Morgan fingerprint density at radius 3 is 2.50 bits per heavy atom. The summed E-state index contributed by atoms with van der Waals surface area (Å²) in [6, 6.07) is 12.4. The summed E-state index contributed by atoms with van der Waals surface area (Å²) in [5.74, 6) is 0.497. The van der Waals surface area contributed by atoms with E-state index in [1.165, 1.54) is 17.7 Å². The minimum Gasteiger partial charge on any atom is -0.484 e. The molecule has 2 aromatic carbocycles. The number of hydrogen-bond donors (Lipinski definition) is 0. The molecular formula is C21H25FN2O2. The van der Waals surface area contributed by atoms with Crippen molar-refractivity contribution in [3.63, 3.8) is 0 Å². The van der Waals surface area contributed by atoms with Crippen LogP contribution in [0.5, 0.6) is 5.75 Å². The van der Waals surface area contributed by atoms with Gasteiger partial charge in [-0.2, -0.15) is 0 Å². The van der Waals surface area contributed by atoms with Gasteiger partial charge in [0.05, 0.1) is 0 Å². The number of anilines is 1. The topological polar surface area (TPSA) is 32.8 Å². The lowest BCUT2D eigenvalue weighted by atomic mass is 10.1. The average Bonchev–Trinajstić information content (AvgIpc) is 2.89. The normalized spacial score (nSPS) is 14.9. The SMILES string of the molecule is Cc1ccc(OCC(=O)N2CCCN(c3ccc(F)cc3)CC2)cc1C. The maximum atomic E-state index is 13.1. The third-order valence-corrected chi connectivity index (χ3v) is 4.88. The van der Waals surface area contributed by atoms with Gasteiger partial charge < -0.3 is 14.5 Å². The van der Waals surface area contributed by atoms with E-state index in [1.54, 1.807) is 12.1 Å². The largest absolute Gasteiger partial charge is 0.484 e. The monoisotopic (exact) mass is 356 g/mol. The van der Waals surface area contributed by atoms with Crippen molar-refractivity contribution in [1.82, 2.24) is 4.90 Å². The smallest absolute Gasteiger partial charge is 0.260 e. The maximum absolute atomic E-state index is 13.1. The lowest BCUT2D eigenvalue weighted by Crippen LogP contribution is -2.38. The van der Waals surface area contributed by atoms with Gasteiger partial charge in [-0.15, -0.1) is 0 Å². The van der Waals surface area contributed by atoms with Crippen LogP contribution in [0.25, 0.3) is 0 Å². The molecule has 0 aliphatic carbocycles. The number of carbonyl (C=O) groups excluding carboxylic acids is 1. The van der Waals surface area contributed by atoms with Gasteiger partial charge in [-0.3, -0.25) is 4.79 Å². The highest BCUT2D eigenvalue weighted by molar-refractivity contribution is 5.78. The fourth-order valence-electron chi connectivity index (χ4n) is 3.12. The third-order valence-electron chi connectivity index (χ3n) is 4.88. The van der Waals surface area contributed by atoms with E-state index in [0.29, 0.717) is 13.1 Å².